The first-order valence-corrected chi connectivity index (χ1v) is 7.60. The fourth-order valence-electron chi connectivity index (χ4n) is 3.02. The van der Waals surface area contributed by atoms with E-state index < -0.39 is 0 Å². The standard InChI is InChI=1S/C15H29NO2/c1-4-10-16(12-15(17)18-6-3)14-9-7-8-13(5-2)11-14/h13-14H,4-12H2,1-3H3. The summed E-state index contributed by atoms with van der Waals surface area (Å²) >= 11 is 0. The van der Waals surface area contributed by atoms with Crippen molar-refractivity contribution in [1.82, 2.24) is 4.90 Å². The number of rotatable bonds is 7. The molecule has 0 aromatic rings. The van der Waals surface area contributed by atoms with Gasteiger partial charge in [-0.05, 0) is 38.6 Å². The molecule has 0 aromatic carbocycles. The van der Waals surface area contributed by atoms with Crippen molar-refractivity contribution in [2.45, 2.75) is 65.3 Å². The highest BCUT2D eigenvalue weighted by molar-refractivity contribution is 5.71. The van der Waals surface area contributed by atoms with Gasteiger partial charge in [0.1, 0.15) is 0 Å². The lowest BCUT2D eigenvalue weighted by molar-refractivity contribution is -0.145. The second kappa shape index (κ2) is 8.52. The van der Waals surface area contributed by atoms with Crippen LogP contribution in [0, 0.1) is 5.92 Å². The van der Waals surface area contributed by atoms with E-state index >= 15 is 0 Å². The fraction of sp³-hybridized carbons (Fsp3) is 0.933. The first kappa shape index (κ1) is 15.5. The lowest BCUT2D eigenvalue weighted by atomic mass is 9.83. The van der Waals surface area contributed by atoms with Gasteiger partial charge in [-0.15, -0.1) is 0 Å². The van der Waals surface area contributed by atoms with Crippen molar-refractivity contribution in [2.75, 3.05) is 19.7 Å². The number of carbonyl (C=O) groups is 1. The number of hydrogen-bond donors (Lipinski definition) is 0. The zero-order valence-electron chi connectivity index (χ0n) is 12.3. The lowest BCUT2D eigenvalue weighted by Gasteiger charge is -2.36. The molecule has 0 spiro atoms. The molecule has 1 rings (SSSR count). The average Bonchev–Trinajstić information content (AvgIpc) is 2.38. The van der Waals surface area contributed by atoms with Gasteiger partial charge in [0.2, 0.25) is 0 Å². The van der Waals surface area contributed by atoms with Crippen LogP contribution in [-0.2, 0) is 9.53 Å². The van der Waals surface area contributed by atoms with Crippen molar-refractivity contribution in [1.29, 1.82) is 0 Å². The Kier molecular flexibility index (Phi) is 7.33. The number of carbonyl (C=O) groups excluding carboxylic acids is 1. The Morgan fingerprint density at radius 2 is 2.06 bits per heavy atom. The summed E-state index contributed by atoms with van der Waals surface area (Å²) in [5.74, 6) is 0.787. The Morgan fingerprint density at radius 1 is 1.28 bits per heavy atom. The Bertz CT molecular complexity index is 243. The molecule has 0 heterocycles. The number of ether oxygens (including phenoxy) is 1. The van der Waals surface area contributed by atoms with Crippen LogP contribution < -0.4 is 0 Å². The van der Waals surface area contributed by atoms with Crippen LogP contribution in [0.25, 0.3) is 0 Å². The van der Waals surface area contributed by atoms with Gasteiger partial charge >= 0.3 is 5.97 Å². The molecule has 0 N–H and O–H groups in total. The molecule has 18 heavy (non-hydrogen) atoms. The predicted molar refractivity (Wildman–Crippen MR) is 74.5 cm³/mol. The normalized spacial score (nSPS) is 24.2. The maximum absolute atomic E-state index is 11.7. The van der Waals surface area contributed by atoms with Crippen LogP contribution in [0.5, 0.6) is 0 Å². The Balaban J connectivity index is 2.51. The van der Waals surface area contributed by atoms with Crippen LogP contribution in [0.4, 0.5) is 0 Å². The molecule has 0 radical (unpaired) electrons. The van der Waals surface area contributed by atoms with Gasteiger partial charge in [-0.2, -0.15) is 0 Å². The van der Waals surface area contributed by atoms with Crippen LogP contribution in [-0.4, -0.2) is 36.6 Å². The molecule has 1 aliphatic carbocycles. The largest absolute Gasteiger partial charge is 0.465 e. The molecule has 1 aliphatic rings. The average molecular weight is 255 g/mol. The molecule has 0 bridgehead atoms. The second-order valence-electron chi connectivity index (χ2n) is 5.37. The van der Waals surface area contributed by atoms with E-state index in [2.05, 4.69) is 18.7 Å². The van der Waals surface area contributed by atoms with Crippen molar-refractivity contribution >= 4 is 5.97 Å². The van der Waals surface area contributed by atoms with E-state index in [-0.39, 0.29) is 5.97 Å². The molecule has 0 amide bonds. The highest BCUT2D eigenvalue weighted by atomic mass is 16.5. The molecule has 106 valence electrons. The van der Waals surface area contributed by atoms with E-state index in [0.29, 0.717) is 19.2 Å². The molecule has 0 aromatic heterocycles. The van der Waals surface area contributed by atoms with Gasteiger partial charge < -0.3 is 4.74 Å². The lowest BCUT2D eigenvalue weighted by Crippen LogP contribution is -2.42. The summed E-state index contributed by atoms with van der Waals surface area (Å²) in [6.45, 7) is 8.31. The van der Waals surface area contributed by atoms with Gasteiger partial charge in [0.05, 0.1) is 13.2 Å². The Hall–Kier alpha value is -0.570. The van der Waals surface area contributed by atoms with Crippen LogP contribution in [0.15, 0.2) is 0 Å². The maximum Gasteiger partial charge on any atom is 0.320 e. The zero-order valence-corrected chi connectivity index (χ0v) is 12.3. The Morgan fingerprint density at radius 3 is 2.67 bits per heavy atom. The zero-order chi connectivity index (χ0) is 13.4. The summed E-state index contributed by atoms with van der Waals surface area (Å²) in [6, 6.07) is 0.591. The quantitative estimate of drug-likeness (QED) is 0.654. The summed E-state index contributed by atoms with van der Waals surface area (Å²) < 4.78 is 5.08. The SMILES string of the molecule is CCCN(CC(=O)OCC)C1CCCC(CC)C1. The van der Waals surface area contributed by atoms with E-state index in [4.69, 9.17) is 4.74 Å². The smallest absolute Gasteiger partial charge is 0.320 e. The molecule has 0 saturated heterocycles. The molecular weight excluding hydrogens is 226 g/mol. The summed E-state index contributed by atoms with van der Waals surface area (Å²) in [5.41, 5.74) is 0. The molecule has 2 unspecified atom stereocenters. The molecule has 3 nitrogen and oxygen atoms in total. The van der Waals surface area contributed by atoms with Gasteiger partial charge in [0, 0.05) is 6.04 Å². The summed E-state index contributed by atoms with van der Waals surface area (Å²) in [7, 11) is 0. The highest BCUT2D eigenvalue weighted by Crippen LogP contribution is 2.29. The third kappa shape index (κ3) is 4.97. The van der Waals surface area contributed by atoms with Crippen LogP contribution in [0.1, 0.15) is 59.3 Å². The second-order valence-corrected chi connectivity index (χ2v) is 5.37. The van der Waals surface area contributed by atoms with Gasteiger partial charge in [-0.3, -0.25) is 9.69 Å². The van der Waals surface area contributed by atoms with Crippen molar-refractivity contribution in [3.05, 3.63) is 0 Å². The summed E-state index contributed by atoms with van der Waals surface area (Å²) in [5, 5.41) is 0. The van der Waals surface area contributed by atoms with Crippen LogP contribution in [0.2, 0.25) is 0 Å². The van der Waals surface area contributed by atoms with E-state index in [0.717, 1.165) is 18.9 Å². The highest BCUT2D eigenvalue weighted by Gasteiger charge is 2.26. The van der Waals surface area contributed by atoms with Crippen molar-refractivity contribution in [3.8, 4) is 0 Å². The van der Waals surface area contributed by atoms with E-state index in [1.54, 1.807) is 0 Å². The minimum atomic E-state index is -0.0652. The van der Waals surface area contributed by atoms with Gasteiger partial charge in [0.25, 0.3) is 0 Å². The van der Waals surface area contributed by atoms with Gasteiger partial charge in [0.15, 0.2) is 0 Å². The first-order chi connectivity index (χ1) is 8.71. The van der Waals surface area contributed by atoms with Gasteiger partial charge in [-0.1, -0.05) is 33.1 Å². The number of esters is 1. The van der Waals surface area contributed by atoms with E-state index in [9.17, 15) is 4.79 Å². The first-order valence-electron chi connectivity index (χ1n) is 7.60. The minimum Gasteiger partial charge on any atom is -0.465 e. The molecule has 2 atom stereocenters. The van der Waals surface area contributed by atoms with Crippen LogP contribution >= 0.6 is 0 Å². The third-order valence-electron chi connectivity index (χ3n) is 4.00. The summed E-state index contributed by atoms with van der Waals surface area (Å²) in [6.07, 6.45) is 7.56. The summed E-state index contributed by atoms with van der Waals surface area (Å²) in [4.78, 5) is 14.0. The molecule has 0 aliphatic heterocycles. The molecule has 3 heteroatoms. The number of hydrogen-bond acceptors (Lipinski definition) is 3. The molecule has 1 saturated carbocycles. The van der Waals surface area contributed by atoms with Crippen molar-refractivity contribution in [2.24, 2.45) is 5.92 Å². The van der Waals surface area contributed by atoms with Crippen molar-refractivity contribution < 1.29 is 9.53 Å². The predicted octanol–water partition coefficient (Wildman–Crippen LogP) is 3.23. The Labute approximate surface area is 112 Å². The van der Waals surface area contributed by atoms with Crippen LogP contribution in [0.3, 0.4) is 0 Å². The minimum absolute atomic E-state index is 0.0652. The third-order valence-corrected chi connectivity index (χ3v) is 4.00. The van der Waals surface area contributed by atoms with E-state index in [1.807, 2.05) is 6.92 Å². The fourth-order valence-corrected chi connectivity index (χ4v) is 3.02. The topological polar surface area (TPSA) is 29.5 Å². The van der Waals surface area contributed by atoms with Gasteiger partial charge in [-0.25, -0.2) is 0 Å². The van der Waals surface area contributed by atoms with Crippen molar-refractivity contribution in [3.63, 3.8) is 0 Å². The van der Waals surface area contributed by atoms with E-state index in [1.165, 1.54) is 32.1 Å². The maximum atomic E-state index is 11.7. The molecular formula is C15H29NO2. The number of nitrogens with zero attached hydrogens (tertiary/aromatic N) is 1. The monoisotopic (exact) mass is 255 g/mol. The molecule has 1 fully saturated rings.